The summed E-state index contributed by atoms with van der Waals surface area (Å²) in [5.41, 5.74) is 2.08. The van der Waals surface area contributed by atoms with Crippen molar-refractivity contribution in [3.05, 3.63) is 61.1 Å². The minimum atomic E-state index is 0.789. The molecule has 3 heterocycles. The maximum absolute atomic E-state index is 4.40. The Morgan fingerprint density at radius 2 is 1.83 bits per heavy atom. The van der Waals surface area contributed by atoms with Gasteiger partial charge >= 0.3 is 0 Å². The van der Waals surface area contributed by atoms with E-state index in [0.29, 0.717) is 0 Å². The number of benzene rings is 1. The van der Waals surface area contributed by atoms with Crippen molar-refractivity contribution in [2.45, 2.75) is 0 Å². The van der Waals surface area contributed by atoms with Crippen LogP contribution in [0.4, 0.5) is 17.3 Å². The van der Waals surface area contributed by atoms with Crippen molar-refractivity contribution in [3.8, 4) is 10.4 Å². The number of hydrogen-bond donors (Lipinski definition) is 2. The Hall–Kier alpha value is -2.99. The van der Waals surface area contributed by atoms with Gasteiger partial charge in [0.05, 0.1) is 17.3 Å². The fourth-order valence-corrected chi connectivity index (χ4v) is 3.46. The van der Waals surface area contributed by atoms with Crippen molar-refractivity contribution in [2.75, 3.05) is 17.7 Å². The van der Waals surface area contributed by atoms with Crippen LogP contribution in [0.5, 0.6) is 0 Å². The van der Waals surface area contributed by atoms with Crippen LogP contribution >= 0.6 is 11.3 Å². The molecule has 0 aliphatic rings. The lowest BCUT2D eigenvalue weighted by Crippen LogP contribution is -1.97. The Bertz CT molecular complexity index is 964. The number of anilines is 3. The zero-order chi connectivity index (χ0) is 16.4. The number of fused-ring (bicyclic) bond motifs is 1. The number of nitrogens with zero attached hydrogens (tertiary/aromatic N) is 3. The summed E-state index contributed by atoms with van der Waals surface area (Å²) in [6.07, 6.45) is 3.37. The van der Waals surface area contributed by atoms with Crippen LogP contribution in [0.1, 0.15) is 0 Å². The summed E-state index contributed by atoms with van der Waals surface area (Å²) < 4.78 is 0. The van der Waals surface area contributed by atoms with Crippen LogP contribution < -0.4 is 10.6 Å². The molecule has 0 bridgehead atoms. The molecular formula is C18H15N5S. The number of rotatable bonds is 4. The monoisotopic (exact) mass is 333 g/mol. The first-order valence-electron chi connectivity index (χ1n) is 7.54. The summed E-state index contributed by atoms with van der Waals surface area (Å²) in [6, 6.07) is 16.3. The van der Waals surface area contributed by atoms with Gasteiger partial charge in [-0.3, -0.25) is 0 Å². The maximum Gasteiger partial charge on any atom is 0.142 e. The standard InChI is InChI=1S/C18H15N5S/c1-19-16-8-7-13(10-20-16)23-17-14-9-15(12-5-3-2-4-6-12)24-18(14)22-11-21-17/h2-11H,1H3,(H,19,20)(H,21,22,23). The zero-order valence-corrected chi connectivity index (χ0v) is 13.8. The van der Waals surface area contributed by atoms with Crippen LogP contribution in [-0.4, -0.2) is 22.0 Å². The lowest BCUT2D eigenvalue weighted by molar-refractivity contribution is 1.22. The second-order valence-corrected chi connectivity index (χ2v) is 6.26. The molecule has 0 amide bonds. The minimum absolute atomic E-state index is 0.789. The third kappa shape index (κ3) is 2.79. The molecule has 5 nitrogen and oxygen atoms in total. The second-order valence-electron chi connectivity index (χ2n) is 5.22. The molecule has 6 heteroatoms. The summed E-state index contributed by atoms with van der Waals surface area (Å²) in [5, 5.41) is 7.35. The van der Waals surface area contributed by atoms with Crippen LogP contribution in [0, 0.1) is 0 Å². The predicted octanol–water partition coefficient (Wildman–Crippen LogP) is 4.54. The Kier molecular flexibility index (Phi) is 3.80. The first kappa shape index (κ1) is 14.6. The topological polar surface area (TPSA) is 62.7 Å². The Labute approximate surface area is 143 Å². The molecule has 4 aromatic rings. The third-order valence-corrected chi connectivity index (χ3v) is 4.76. The highest BCUT2D eigenvalue weighted by molar-refractivity contribution is 7.21. The average molecular weight is 333 g/mol. The lowest BCUT2D eigenvalue weighted by Gasteiger charge is -2.06. The van der Waals surface area contributed by atoms with Crippen LogP contribution in [0.15, 0.2) is 61.1 Å². The number of aromatic nitrogens is 3. The number of thiophene rings is 1. The van der Waals surface area contributed by atoms with Gasteiger partial charge in [0.2, 0.25) is 0 Å². The molecule has 0 unspecified atom stereocenters. The molecule has 0 aliphatic carbocycles. The first-order valence-corrected chi connectivity index (χ1v) is 8.36. The van der Waals surface area contributed by atoms with E-state index in [9.17, 15) is 0 Å². The van der Waals surface area contributed by atoms with Gasteiger partial charge in [-0.15, -0.1) is 11.3 Å². The molecule has 0 radical (unpaired) electrons. The predicted molar refractivity (Wildman–Crippen MR) is 99.9 cm³/mol. The van der Waals surface area contributed by atoms with E-state index < -0.39 is 0 Å². The van der Waals surface area contributed by atoms with Crippen LogP contribution in [0.25, 0.3) is 20.7 Å². The fourth-order valence-electron chi connectivity index (χ4n) is 2.45. The van der Waals surface area contributed by atoms with E-state index in [0.717, 1.165) is 27.5 Å². The molecule has 0 fully saturated rings. The SMILES string of the molecule is CNc1ccc(Nc2ncnc3sc(-c4ccccc4)cc23)cn1. The van der Waals surface area contributed by atoms with Crippen LogP contribution in [0.3, 0.4) is 0 Å². The second kappa shape index (κ2) is 6.25. The maximum atomic E-state index is 4.40. The molecule has 4 rings (SSSR count). The van der Waals surface area contributed by atoms with E-state index >= 15 is 0 Å². The molecule has 3 aromatic heterocycles. The summed E-state index contributed by atoms with van der Waals surface area (Å²) in [5.74, 6) is 1.62. The van der Waals surface area contributed by atoms with Crippen molar-refractivity contribution in [1.82, 2.24) is 15.0 Å². The zero-order valence-electron chi connectivity index (χ0n) is 13.0. The highest BCUT2D eigenvalue weighted by Crippen LogP contribution is 2.35. The van der Waals surface area contributed by atoms with E-state index in [1.165, 1.54) is 10.4 Å². The molecule has 0 saturated heterocycles. The molecule has 0 aliphatic heterocycles. The van der Waals surface area contributed by atoms with E-state index in [1.807, 2.05) is 37.4 Å². The van der Waals surface area contributed by atoms with E-state index in [1.54, 1.807) is 23.9 Å². The first-order chi connectivity index (χ1) is 11.8. The summed E-state index contributed by atoms with van der Waals surface area (Å²) >= 11 is 1.66. The molecule has 0 spiro atoms. The number of hydrogen-bond acceptors (Lipinski definition) is 6. The third-order valence-electron chi connectivity index (χ3n) is 3.67. The molecule has 2 N–H and O–H groups in total. The number of pyridine rings is 1. The fraction of sp³-hybridized carbons (Fsp3) is 0.0556. The van der Waals surface area contributed by atoms with Crippen molar-refractivity contribution in [2.24, 2.45) is 0 Å². The normalized spacial score (nSPS) is 10.7. The summed E-state index contributed by atoms with van der Waals surface area (Å²) in [6.45, 7) is 0. The van der Waals surface area contributed by atoms with E-state index in [-0.39, 0.29) is 0 Å². The Balaban J connectivity index is 1.71. The van der Waals surface area contributed by atoms with Crippen molar-refractivity contribution < 1.29 is 0 Å². The van der Waals surface area contributed by atoms with Crippen molar-refractivity contribution in [1.29, 1.82) is 0 Å². The average Bonchev–Trinajstić information content (AvgIpc) is 3.08. The number of nitrogens with one attached hydrogen (secondary N) is 2. The highest BCUT2D eigenvalue weighted by Gasteiger charge is 2.10. The smallest absolute Gasteiger partial charge is 0.142 e. The largest absolute Gasteiger partial charge is 0.373 e. The molecule has 0 atom stereocenters. The molecule has 0 saturated carbocycles. The van der Waals surface area contributed by atoms with Gasteiger partial charge in [-0.2, -0.15) is 0 Å². The van der Waals surface area contributed by atoms with Crippen molar-refractivity contribution >= 4 is 38.9 Å². The van der Waals surface area contributed by atoms with Crippen LogP contribution in [0.2, 0.25) is 0 Å². The van der Waals surface area contributed by atoms with Gasteiger partial charge in [-0.25, -0.2) is 15.0 Å². The van der Waals surface area contributed by atoms with E-state index in [4.69, 9.17) is 0 Å². The van der Waals surface area contributed by atoms with Gasteiger partial charge in [-0.1, -0.05) is 30.3 Å². The Morgan fingerprint density at radius 3 is 2.58 bits per heavy atom. The van der Waals surface area contributed by atoms with E-state index in [2.05, 4.69) is 43.8 Å². The van der Waals surface area contributed by atoms with Crippen molar-refractivity contribution in [3.63, 3.8) is 0 Å². The molecular weight excluding hydrogens is 318 g/mol. The van der Waals surface area contributed by atoms with Crippen LogP contribution in [-0.2, 0) is 0 Å². The molecule has 24 heavy (non-hydrogen) atoms. The summed E-state index contributed by atoms with van der Waals surface area (Å²) in [4.78, 5) is 15.2. The highest BCUT2D eigenvalue weighted by atomic mass is 32.1. The van der Waals surface area contributed by atoms with Gasteiger partial charge in [-0.05, 0) is 23.8 Å². The minimum Gasteiger partial charge on any atom is -0.373 e. The lowest BCUT2D eigenvalue weighted by atomic mass is 10.2. The van der Waals surface area contributed by atoms with Gasteiger partial charge in [0.25, 0.3) is 0 Å². The van der Waals surface area contributed by atoms with Gasteiger partial charge in [0.1, 0.15) is 22.8 Å². The molecule has 118 valence electrons. The van der Waals surface area contributed by atoms with Gasteiger partial charge in [0.15, 0.2) is 0 Å². The Morgan fingerprint density at radius 1 is 0.958 bits per heavy atom. The summed E-state index contributed by atoms with van der Waals surface area (Å²) in [7, 11) is 1.85. The quantitative estimate of drug-likeness (QED) is 0.574. The van der Waals surface area contributed by atoms with Gasteiger partial charge < -0.3 is 10.6 Å². The van der Waals surface area contributed by atoms with Gasteiger partial charge in [0, 0.05) is 11.9 Å². The molecule has 1 aromatic carbocycles.